The Morgan fingerprint density at radius 2 is 1.76 bits per heavy atom. The van der Waals surface area contributed by atoms with E-state index >= 15 is 0 Å². The predicted octanol–water partition coefficient (Wildman–Crippen LogP) is 4.51. The lowest BCUT2D eigenvalue weighted by Crippen LogP contribution is -2.23. The van der Waals surface area contributed by atoms with E-state index in [0.717, 1.165) is 30.3 Å². The van der Waals surface area contributed by atoms with E-state index in [-0.39, 0.29) is 11.4 Å². The second kappa shape index (κ2) is 7.53. The van der Waals surface area contributed by atoms with Crippen molar-refractivity contribution in [1.29, 1.82) is 0 Å². The standard InChI is InChI=1S/C18H17IN2O2S2/c1-12-5-3-4-6-16(12)18-21-13(2)17(24-18)11-20-25(22,23)15-9-7-14(19)8-10-15/h3-10,20H,11H2,1-2H3. The number of aryl methyl sites for hydroxylation is 2. The number of halogens is 1. The summed E-state index contributed by atoms with van der Waals surface area (Å²) in [6, 6.07) is 14.9. The lowest BCUT2D eigenvalue weighted by atomic mass is 10.1. The second-order valence-corrected chi connectivity index (χ2v) is 9.72. The summed E-state index contributed by atoms with van der Waals surface area (Å²) in [5, 5.41) is 0.916. The molecule has 0 fully saturated rings. The van der Waals surface area contributed by atoms with E-state index in [0.29, 0.717) is 0 Å². The molecule has 3 aromatic rings. The maximum absolute atomic E-state index is 12.4. The van der Waals surface area contributed by atoms with Crippen molar-refractivity contribution < 1.29 is 8.42 Å². The average Bonchev–Trinajstić information content (AvgIpc) is 2.95. The molecular formula is C18H17IN2O2S2. The largest absolute Gasteiger partial charge is 0.241 e. The van der Waals surface area contributed by atoms with Crippen LogP contribution in [0.5, 0.6) is 0 Å². The molecule has 4 nitrogen and oxygen atoms in total. The minimum absolute atomic E-state index is 0.240. The third kappa shape index (κ3) is 4.28. The van der Waals surface area contributed by atoms with Crippen molar-refractivity contribution in [3.8, 4) is 10.6 Å². The van der Waals surface area contributed by atoms with Gasteiger partial charge in [0.2, 0.25) is 10.0 Å². The van der Waals surface area contributed by atoms with Gasteiger partial charge in [0.25, 0.3) is 0 Å². The highest BCUT2D eigenvalue weighted by molar-refractivity contribution is 14.1. The van der Waals surface area contributed by atoms with Crippen molar-refractivity contribution in [2.45, 2.75) is 25.3 Å². The Kier molecular flexibility index (Phi) is 5.57. The summed E-state index contributed by atoms with van der Waals surface area (Å²) >= 11 is 3.67. The third-order valence-corrected chi connectivity index (χ3v) is 7.14. The molecule has 0 saturated carbocycles. The highest BCUT2D eigenvalue weighted by Gasteiger charge is 2.16. The van der Waals surface area contributed by atoms with Gasteiger partial charge in [0.1, 0.15) is 5.01 Å². The van der Waals surface area contributed by atoms with Gasteiger partial charge in [-0.3, -0.25) is 0 Å². The van der Waals surface area contributed by atoms with E-state index in [4.69, 9.17) is 0 Å². The molecule has 1 heterocycles. The molecule has 3 rings (SSSR count). The van der Waals surface area contributed by atoms with Crippen molar-refractivity contribution in [2.75, 3.05) is 0 Å². The van der Waals surface area contributed by atoms with Crippen LogP contribution in [0.3, 0.4) is 0 Å². The summed E-state index contributed by atoms with van der Waals surface area (Å²) in [6.07, 6.45) is 0. The number of hydrogen-bond donors (Lipinski definition) is 1. The van der Waals surface area contributed by atoms with Gasteiger partial charge in [0.15, 0.2) is 0 Å². The van der Waals surface area contributed by atoms with Crippen LogP contribution in [0.4, 0.5) is 0 Å². The fraction of sp³-hybridized carbons (Fsp3) is 0.167. The van der Waals surface area contributed by atoms with Gasteiger partial charge < -0.3 is 0 Å². The first-order valence-electron chi connectivity index (χ1n) is 7.64. The van der Waals surface area contributed by atoms with E-state index in [2.05, 4.69) is 32.3 Å². The van der Waals surface area contributed by atoms with Crippen molar-refractivity contribution in [3.63, 3.8) is 0 Å². The predicted molar refractivity (Wildman–Crippen MR) is 110 cm³/mol. The molecule has 0 bridgehead atoms. The van der Waals surface area contributed by atoms with E-state index in [1.165, 1.54) is 11.3 Å². The van der Waals surface area contributed by atoms with Crippen LogP contribution in [0.25, 0.3) is 10.6 Å². The van der Waals surface area contributed by atoms with Crippen molar-refractivity contribution in [3.05, 3.63) is 68.2 Å². The van der Waals surface area contributed by atoms with Crippen LogP contribution in [-0.2, 0) is 16.6 Å². The maximum atomic E-state index is 12.4. The van der Waals surface area contributed by atoms with Crippen molar-refractivity contribution in [1.82, 2.24) is 9.71 Å². The van der Waals surface area contributed by atoms with Crippen molar-refractivity contribution >= 4 is 44.0 Å². The Morgan fingerprint density at radius 1 is 1.08 bits per heavy atom. The molecule has 1 N–H and O–H groups in total. The van der Waals surface area contributed by atoms with E-state index in [1.807, 2.05) is 38.1 Å². The second-order valence-electron chi connectivity index (χ2n) is 5.62. The monoisotopic (exact) mass is 484 g/mol. The lowest BCUT2D eigenvalue weighted by Gasteiger charge is -2.06. The minimum Gasteiger partial charge on any atom is -0.241 e. The topological polar surface area (TPSA) is 59.1 Å². The molecule has 0 aliphatic carbocycles. The van der Waals surface area contributed by atoms with Gasteiger partial charge >= 0.3 is 0 Å². The SMILES string of the molecule is Cc1ccccc1-c1nc(C)c(CNS(=O)(=O)c2ccc(I)cc2)s1. The molecule has 0 atom stereocenters. The zero-order valence-corrected chi connectivity index (χ0v) is 17.6. The molecule has 0 aliphatic heterocycles. The summed E-state index contributed by atoms with van der Waals surface area (Å²) in [4.78, 5) is 5.81. The number of benzene rings is 2. The summed E-state index contributed by atoms with van der Waals surface area (Å²) in [5.41, 5.74) is 3.10. The average molecular weight is 484 g/mol. The maximum Gasteiger partial charge on any atom is 0.240 e. The fourth-order valence-electron chi connectivity index (χ4n) is 2.38. The number of nitrogens with one attached hydrogen (secondary N) is 1. The van der Waals surface area contributed by atoms with Gasteiger partial charge in [-0.05, 0) is 66.3 Å². The van der Waals surface area contributed by atoms with Crippen LogP contribution in [0.1, 0.15) is 16.1 Å². The molecule has 25 heavy (non-hydrogen) atoms. The molecule has 0 unspecified atom stereocenters. The third-order valence-electron chi connectivity index (χ3n) is 3.81. The molecular weight excluding hydrogens is 467 g/mol. The number of nitrogens with zero attached hydrogens (tertiary/aromatic N) is 1. The fourth-order valence-corrected chi connectivity index (χ4v) is 4.92. The van der Waals surface area contributed by atoms with Gasteiger partial charge in [-0.25, -0.2) is 18.1 Å². The molecule has 1 aromatic heterocycles. The Labute approximate surface area is 165 Å². The summed E-state index contributed by atoms with van der Waals surface area (Å²) in [6.45, 7) is 4.20. The first-order chi connectivity index (χ1) is 11.9. The van der Waals surface area contributed by atoms with Crippen molar-refractivity contribution in [2.24, 2.45) is 0 Å². The number of aromatic nitrogens is 1. The molecule has 0 spiro atoms. The number of sulfonamides is 1. The number of thiazole rings is 1. The smallest absolute Gasteiger partial charge is 0.240 e. The van der Waals surface area contributed by atoms with Gasteiger partial charge in [-0.2, -0.15) is 0 Å². The highest BCUT2D eigenvalue weighted by atomic mass is 127. The van der Waals surface area contributed by atoms with Gasteiger partial charge in [0, 0.05) is 20.6 Å². The van der Waals surface area contributed by atoms with Crippen LogP contribution >= 0.6 is 33.9 Å². The summed E-state index contributed by atoms with van der Waals surface area (Å²) in [5.74, 6) is 0. The molecule has 0 amide bonds. The Morgan fingerprint density at radius 3 is 2.44 bits per heavy atom. The highest BCUT2D eigenvalue weighted by Crippen LogP contribution is 2.30. The Hall–Kier alpha value is -1.29. The molecule has 130 valence electrons. The normalized spacial score (nSPS) is 11.6. The number of rotatable bonds is 5. The van der Waals surface area contributed by atoms with Crippen LogP contribution in [-0.4, -0.2) is 13.4 Å². The van der Waals surface area contributed by atoms with Gasteiger partial charge in [-0.15, -0.1) is 11.3 Å². The van der Waals surface area contributed by atoms with Gasteiger partial charge in [-0.1, -0.05) is 24.3 Å². The molecule has 0 radical (unpaired) electrons. The van der Waals surface area contributed by atoms with E-state index in [9.17, 15) is 8.42 Å². The summed E-state index contributed by atoms with van der Waals surface area (Å²) in [7, 11) is -3.53. The summed E-state index contributed by atoms with van der Waals surface area (Å²) < 4.78 is 28.5. The minimum atomic E-state index is -3.53. The zero-order chi connectivity index (χ0) is 18.0. The Balaban J connectivity index is 1.80. The lowest BCUT2D eigenvalue weighted by molar-refractivity contribution is 0.581. The molecule has 0 saturated heterocycles. The molecule has 7 heteroatoms. The molecule has 2 aromatic carbocycles. The van der Waals surface area contributed by atoms with Crippen LogP contribution in [0.15, 0.2) is 53.4 Å². The van der Waals surface area contributed by atoms with E-state index in [1.54, 1.807) is 24.3 Å². The number of hydrogen-bond acceptors (Lipinski definition) is 4. The quantitative estimate of drug-likeness (QED) is 0.543. The van der Waals surface area contributed by atoms with Crippen LogP contribution in [0.2, 0.25) is 0 Å². The first-order valence-corrected chi connectivity index (χ1v) is 11.0. The zero-order valence-electron chi connectivity index (χ0n) is 13.8. The molecule has 0 aliphatic rings. The van der Waals surface area contributed by atoms with Gasteiger partial charge in [0.05, 0.1) is 10.6 Å². The van der Waals surface area contributed by atoms with Crippen LogP contribution < -0.4 is 4.72 Å². The van der Waals surface area contributed by atoms with Crippen LogP contribution in [0, 0.1) is 17.4 Å². The van der Waals surface area contributed by atoms with E-state index < -0.39 is 10.0 Å². The first kappa shape index (κ1) is 18.5. The Bertz CT molecular complexity index is 996.